The third-order valence-electron chi connectivity index (χ3n) is 2.23. The van der Waals surface area contributed by atoms with Gasteiger partial charge < -0.3 is 10.5 Å². The van der Waals surface area contributed by atoms with Crippen LogP contribution in [0.4, 0.5) is 0 Å². The summed E-state index contributed by atoms with van der Waals surface area (Å²) >= 11 is 3.69. The van der Waals surface area contributed by atoms with Crippen LogP contribution in [0.5, 0.6) is 5.75 Å². The fourth-order valence-corrected chi connectivity index (χ4v) is 1.47. The Balaban J connectivity index is 2.60. The lowest BCUT2D eigenvalue weighted by molar-refractivity contribution is -0.112. The van der Waals surface area contributed by atoms with Gasteiger partial charge >= 0.3 is 0 Å². The first-order valence-corrected chi connectivity index (χ1v) is 5.20. The molecule has 0 aromatic heterocycles. The molecule has 0 fully saturated rings. The van der Waals surface area contributed by atoms with Gasteiger partial charge in [-0.15, -0.1) is 12.6 Å². The number of carbonyl (C=O) groups is 1. The molecule has 82 valence electrons. The second-order valence-electron chi connectivity index (χ2n) is 3.30. The lowest BCUT2D eigenvalue weighted by Crippen LogP contribution is -2.27. The number of methoxy groups -OCH3 is 1. The van der Waals surface area contributed by atoms with E-state index in [-0.39, 0.29) is 5.12 Å². The highest BCUT2D eigenvalue weighted by Crippen LogP contribution is 2.19. The summed E-state index contributed by atoms with van der Waals surface area (Å²) in [6, 6.07) is 7.20. The molecular weight excluding hydrogens is 210 g/mol. The van der Waals surface area contributed by atoms with Crippen molar-refractivity contribution >= 4 is 17.7 Å². The maximum Gasteiger partial charge on any atom is 0.202 e. The first-order chi connectivity index (χ1) is 7.15. The predicted molar refractivity (Wildman–Crippen MR) is 63.3 cm³/mol. The molecule has 0 bridgehead atoms. The Hall–Kier alpha value is -1.000. The Morgan fingerprint density at radius 3 is 2.80 bits per heavy atom. The molecule has 0 radical (unpaired) electrons. The average molecular weight is 225 g/mol. The lowest BCUT2D eigenvalue weighted by Gasteiger charge is -2.10. The van der Waals surface area contributed by atoms with Gasteiger partial charge in [-0.1, -0.05) is 18.2 Å². The van der Waals surface area contributed by atoms with E-state index in [1.54, 1.807) is 7.11 Å². The smallest absolute Gasteiger partial charge is 0.202 e. The number of hydrogen-bond donors (Lipinski definition) is 2. The van der Waals surface area contributed by atoms with Gasteiger partial charge in [0.05, 0.1) is 13.2 Å². The fraction of sp³-hybridized carbons (Fsp3) is 0.364. The highest BCUT2D eigenvalue weighted by molar-refractivity contribution is 7.96. The van der Waals surface area contributed by atoms with Crippen LogP contribution in [0.2, 0.25) is 0 Å². The zero-order valence-corrected chi connectivity index (χ0v) is 9.54. The van der Waals surface area contributed by atoms with Crippen LogP contribution in [0.15, 0.2) is 24.3 Å². The number of benzene rings is 1. The quantitative estimate of drug-likeness (QED) is 0.745. The molecule has 15 heavy (non-hydrogen) atoms. The summed E-state index contributed by atoms with van der Waals surface area (Å²) in [7, 11) is 1.63. The summed E-state index contributed by atoms with van der Waals surface area (Å²) in [6.45, 7) is 0. The van der Waals surface area contributed by atoms with Gasteiger partial charge in [-0.2, -0.15) is 0 Å². The first kappa shape index (κ1) is 12.1. The minimum absolute atomic E-state index is 0.273. The second-order valence-corrected chi connectivity index (χ2v) is 3.74. The van der Waals surface area contributed by atoms with E-state index in [1.165, 1.54) is 0 Å². The van der Waals surface area contributed by atoms with Crippen molar-refractivity contribution in [1.82, 2.24) is 0 Å². The molecular formula is C11H15NO2S. The van der Waals surface area contributed by atoms with Crippen molar-refractivity contribution in [3.05, 3.63) is 29.8 Å². The standard InChI is InChI=1S/C11H15NO2S/c1-14-10-5-3-2-4-8(10)6-7-9(12)11(13)15/h2-5,9H,6-7,12H2,1H3,(H,13,15)/t9-/m0/s1. The zero-order valence-electron chi connectivity index (χ0n) is 8.64. The highest BCUT2D eigenvalue weighted by Gasteiger charge is 2.10. The molecule has 0 unspecified atom stereocenters. The van der Waals surface area contributed by atoms with Crippen molar-refractivity contribution in [2.24, 2.45) is 5.73 Å². The van der Waals surface area contributed by atoms with Crippen LogP contribution in [-0.4, -0.2) is 18.3 Å². The molecule has 4 heteroatoms. The molecule has 1 aromatic rings. The third-order valence-corrected chi connectivity index (χ3v) is 2.57. The van der Waals surface area contributed by atoms with Crippen LogP contribution in [-0.2, 0) is 11.2 Å². The summed E-state index contributed by atoms with van der Waals surface area (Å²) in [5, 5.41) is -0.273. The van der Waals surface area contributed by atoms with Crippen molar-refractivity contribution in [3.8, 4) is 5.75 Å². The van der Waals surface area contributed by atoms with Gasteiger partial charge in [0.2, 0.25) is 5.12 Å². The Labute approximate surface area is 95.0 Å². The van der Waals surface area contributed by atoms with Crippen LogP contribution in [0.1, 0.15) is 12.0 Å². The zero-order chi connectivity index (χ0) is 11.3. The minimum atomic E-state index is -0.502. The van der Waals surface area contributed by atoms with E-state index in [0.717, 1.165) is 17.7 Å². The SMILES string of the molecule is COc1ccccc1CC[C@H](N)C(=O)S. The lowest BCUT2D eigenvalue weighted by atomic mass is 10.1. The predicted octanol–water partition coefficient (Wildman–Crippen LogP) is 1.41. The highest BCUT2D eigenvalue weighted by atomic mass is 32.1. The Morgan fingerprint density at radius 2 is 2.20 bits per heavy atom. The molecule has 0 amide bonds. The summed E-state index contributed by atoms with van der Waals surface area (Å²) in [5.74, 6) is 0.830. The number of ether oxygens (including phenoxy) is 1. The summed E-state index contributed by atoms with van der Waals surface area (Å²) in [5.41, 5.74) is 6.65. The number of thiol groups is 1. The third kappa shape index (κ3) is 3.57. The van der Waals surface area contributed by atoms with Gasteiger partial charge in [0.25, 0.3) is 0 Å². The monoisotopic (exact) mass is 225 g/mol. The average Bonchev–Trinajstić information content (AvgIpc) is 2.26. The molecule has 0 saturated heterocycles. The minimum Gasteiger partial charge on any atom is -0.496 e. The Kier molecular flexibility index (Phi) is 4.65. The number of carbonyl (C=O) groups excluding carboxylic acids is 1. The molecule has 0 spiro atoms. The normalized spacial score (nSPS) is 12.2. The van der Waals surface area contributed by atoms with E-state index in [2.05, 4.69) is 12.6 Å². The summed E-state index contributed by atoms with van der Waals surface area (Å²) < 4.78 is 5.19. The van der Waals surface area contributed by atoms with Crippen LogP contribution in [0, 0.1) is 0 Å². The van der Waals surface area contributed by atoms with Crippen LogP contribution >= 0.6 is 12.6 Å². The van der Waals surface area contributed by atoms with Crippen LogP contribution in [0.3, 0.4) is 0 Å². The van der Waals surface area contributed by atoms with Gasteiger partial charge in [0.15, 0.2) is 0 Å². The molecule has 0 aliphatic heterocycles. The molecule has 0 aliphatic carbocycles. The maximum absolute atomic E-state index is 10.8. The largest absolute Gasteiger partial charge is 0.496 e. The van der Waals surface area contributed by atoms with Gasteiger partial charge in [-0.25, -0.2) is 0 Å². The summed E-state index contributed by atoms with van der Waals surface area (Å²) in [6.07, 6.45) is 1.31. The van der Waals surface area contributed by atoms with Crippen molar-refractivity contribution in [2.75, 3.05) is 7.11 Å². The van der Waals surface area contributed by atoms with E-state index in [1.807, 2.05) is 24.3 Å². The number of rotatable bonds is 5. The van der Waals surface area contributed by atoms with E-state index < -0.39 is 6.04 Å². The van der Waals surface area contributed by atoms with Crippen molar-refractivity contribution in [1.29, 1.82) is 0 Å². The van der Waals surface area contributed by atoms with Gasteiger partial charge in [-0.05, 0) is 24.5 Å². The van der Waals surface area contributed by atoms with Gasteiger partial charge in [0, 0.05) is 0 Å². The van der Waals surface area contributed by atoms with E-state index in [9.17, 15) is 4.79 Å². The summed E-state index contributed by atoms with van der Waals surface area (Å²) in [4.78, 5) is 10.8. The second kappa shape index (κ2) is 5.78. The number of hydrogen-bond acceptors (Lipinski definition) is 3. The van der Waals surface area contributed by atoms with Gasteiger partial charge in [0.1, 0.15) is 5.75 Å². The van der Waals surface area contributed by atoms with Gasteiger partial charge in [-0.3, -0.25) is 4.79 Å². The Morgan fingerprint density at radius 1 is 1.53 bits per heavy atom. The first-order valence-electron chi connectivity index (χ1n) is 4.75. The van der Waals surface area contributed by atoms with E-state index >= 15 is 0 Å². The number of nitrogens with two attached hydrogens (primary N) is 1. The van der Waals surface area contributed by atoms with E-state index in [0.29, 0.717) is 6.42 Å². The van der Waals surface area contributed by atoms with Crippen molar-refractivity contribution in [3.63, 3.8) is 0 Å². The van der Waals surface area contributed by atoms with Crippen molar-refractivity contribution < 1.29 is 9.53 Å². The molecule has 1 atom stereocenters. The fourth-order valence-electron chi connectivity index (χ4n) is 1.34. The maximum atomic E-state index is 10.8. The molecule has 1 rings (SSSR count). The van der Waals surface area contributed by atoms with Crippen LogP contribution < -0.4 is 10.5 Å². The molecule has 3 nitrogen and oxygen atoms in total. The van der Waals surface area contributed by atoms with E-state index in [4.69, 9.17) is 10.5 Å². The molecule has 0 saturated carbocycles. The van der Waals surface area contributed by atoms with Crippen LogP contribution in [0.25, 0.3) is 0 Å². The topological polar surface area (TPSA) is 52.3 Å². The molecule has 2 N–H and O–H groups in total. The molecule has 1 aromatic carbocycles. The molecule has 0 heterocycles. The molecule has 0 aliphatic rings. The number of aryl methyl sites for hydroxylation is 1. The Bertz CT molecular complexity index is 341. The number of para-hydroxylation sites is 1. The van der Waals surface area contributed by atoms with Crippen molar-refractivity contribution in [2.45, 2.75) is 18.9 Å².